The molecule has 2 aromatic carbocycles. The van der Waals surface area contributed by atoms with Gasteiger partial charge < -0.3 is 24.2 Å². The molecule has 166 valence electrons. The van der Waals surface area contributed by atoms with Crippen LogP contribution in [0.2, 0.25) is 0 Å². The maximum atomic E-state index is 13.7. The minimum atomic E-state index is -1.71. The molecule has 2 aromatic rings. The van der Waals surface area contributed by atoms with Gasteiger partial charge in [0.05, 0.1) is 55.7 Å². The Labute approximate surface area is 184 Å². The van der Waals surface area contributed by atoms with E-state index in [1.807, 2.05) is 0 Å². The van der Waals surface area contributed by atoms with Crippen LogP contribution in [0.1, 0.15) is 17.7 Å². The number of hydrogen-bond donors (Lipinski definition) is 0. The van der Waals surface area contributed by atoms with Crippen molar-refractivity contribution in [1.29, 1.82) is 0 Å². The van der Waals surface area contributed by atoms with Gasteiger partial charge in [-0.05, 0) is 29.8 Å². The summed E-state index contributed by atoms with van der Waals surface area (Å²) in [4.78, 5) is 27.3. The highest BCUT2D eigenvalue weighted by molar-refractivity contribution is 7.85. The fourth-order valence-electron chi connectivity index (χ4n) is 3.46. The molecule has 0 spiro atoms. The molecule has 31 heavy (non-hydrogen) atoms. The van der Waals surface area contributed by atoms with Gasteiger partial charge in [0.2, 0.25) is 0 Å². The third-order valence-corrected chi connectivity index (χ3v) is 6.75. The fraction of sp³-hybridized carbons (Fsp3) is 0.364. The van der Waals surface area contributed by atoms with Crippen LogP contribution in [0.5, 0.6) is 5.75 Å². The van der Waals surface area contributed by atoms with Crippen LogP contribution in [0, 0.1) is 5.21 Å². The van der Waals surface area contributed by atoms with Gasteiger partial charge in [0.25, 0.3) is 5.91 Å². The Hall–Kier alpha value is -2.75. The Morgan fingerprint density at radius 1 is 1.16 bits per heavy atom. The number of carbonyl (C=O) groups excluding carboxylic acids is 2. The van der Waals surface area contributed by atoms with Crippen molar-refractivity contribution in [3.63, 3.8) is 0 Å². The second-order valence-corrected chi connectivity index (χ2v) is 9.32. The van der Waals surface area contributed by atoms with Gasteiger partial charge in [-0.15, -0.1) is 0 Å². The third-order valence-electron chi connectivity index (χ3n) is 4.99. The van der Waals surface area contributed by atoms with Crippen molar-refractivity contribution in [3.05, 3.63) is 59.3 Å². The van der Waals surface area contributed by atoms with E-state index in [1.165, 1.54) is 33.0 Å². The van der Waals surface area contributed by atoms with Gasteiger partial charge >= 0.3 is 5.97 Å². The topological polar surface area (TPSA) is 96.0 Å². The number of para-hydroxylation sites is 1. The second kappa shape index (κ2) is 9.17. The molecule has 0 radical (unpaired) electrons. The van der Waals surface area contributed by atoms with Crippen LogP contribution in [0.15, 0.2) is 53.4 Å². The van der Waals surface area contributed by atoms with Crippen LogP contribution in [-0.4, -0.2) is 61.1 Å². The first-order valence-corrected chi connectivity index (χ1v) is 11.0. The molecular weight excluding hydrogens is 420 g/mol. The molecule has 1 heterocycles. The summed E-state index contributed by atoms with van der Waals surface area (Å²) in [5.74, 6) is -0.557. The molecule has 3 atom stereocenters. The maximum absolute atomic E-state index is 13.7. The van der Waals surface area contributed by atoms with Gasteiger partial charge in [-0.3, -0.25) is 13.8 Å². The quantitative estimate of drug-likeness (QED) is 0.384. The number of hydroxylamine groups is 3. The lowest BCUT2D eigenvalue weighted by Crippen LogP contribution is -2.48. The number of quaternary nitrogens is 1. The molecule has 3 rings (SSSR count). The number of nitrogens with zero attached hydrogens (tertiary/aromatic N) is 2. The predicted octanol–water partition coefficient (Wildman–Crippen LogP) is 2.40. The lowest BCUT2D eigenvalue weighted by molar-refractivity contribution is -0.838. The number of amides is 1. The molecule has 0 fully saturated rings. The smallest absolute Gasteiger partial charge is 0.303 e. The number of fused-ring (bicyclic) bond motifs is 1. The zero-order chi connectivity index (χ0) is 22.8. The molecule has 8 nitrogen and oxygen atoms in total. The van der Waals surface area contributed by atoms with Crippen molar-refractivity contribution in [2.24, 2.45) is 0 Å². The molecule has 1 amide bonds. The SMILES string of the molecule is COc1ccc([C@H]2[C@@H](OC(C)=O)C(=O)N(CC[N+](C)(C)[O-])c3ccccc3S2=O)cc1. The minimum absolute atomic E-state index is 0.0939. The minimum Gasteiger partial charge on any atom is -0.633 e. The van der Waals surface area contributed by atoms with E-state index in [9.17, 15) is 19.0 Å². The number of likely N-dealkylation sites (N-methyl/N-ethyl adjacent to an activating group) is 1. The fourth-order valence-corrected chi connectivity index (χ4v) is 5.13. The summed E-state index contributed by atoms with van der Waals surface area (Å²) in [7, 11) is 2.79. The van der Waals surface area contributed by atoms with E-state index in [0.29, 0.717) is 21.9 Å². The van der Waals surface area contributed by atoms with E-state index in [2.05, 4.69) is 0 Å². The largest absolute Gasteiger partial charge is 0.633 e. The molecule has 0 N–H and O–H groups in total. The molecule has 0 aliphatic carbocycles. The van der Waals surface area contributed by atoms with Crippen LogP contribution >= 0.6 is 0 Å². The van der Waals surface area contributed by atoms with Gasteiger partial charge in [0, 0.05) is 6.92 Å². The summed E-state index contributed by atoms with van der Waals surface area (Å²) in [6, 6.07) is 13.7. The summed E-state index contributed by atoms with van der Waals surface area (Å²) in [5, 5.41) is 11.2. The Balaban J connectivity index is 2.14. The molecule has 9 heteroatoms. The van der Waals surface area contributed by atoms with E-state index in [0.717, 1.165) is 0 Å². The van der Waals surface area contributed by atoms with Crippen LogP contribution in [-0.2, 0) is 25.1 Å². The zero-order valence-corrected chi connectivity index (χ0v) is 18.8. The average molecular weight is 447 g/mol. The summed E-state index contributed by atoms with van der Waals surface area (Å²) < 4.78 is 23.7. The van der Waals surface area contributed by atoms with Crippen molar-refractivity contribution in [2.75, 3.05) is 39.2 Å². The first-order chi connectivity index (χ1) is 14.6. The van der Waals surface area contributed by atoms with Gasteiger partial charge in [-0.2, -0.15) is 0 Å². The van der Waals surface area contributed by atoms with Crippen molar-refractivity contribution in [1.82, 2.24) is 0 Å². The van der Waals surface area contributed by atoms with Crippen molar-refractivity contribution < 1.29 is 27.9 Å². The molecule has 0 saturated carbocycles. The van der Waals surface area contributed by atoms with Gasteiger partial charge in [-0.25, -0.2) is 0 Å². The van der Waals surface area contributed by atoms with E-state index in [-0.39, 0.29) is 13.1 Å². The number of rotatable bonds is 6. The zero-order valence-electron chi connectivity index (χ0n) is 17.9. The number of hydrogen-bond acceptors (Lipinski definition) is 6. The highest BCUT2D eigenvalue weighted by Gasteiger charge is 2.44. The number of esters is 1. The molecule has 0 saturated heterocycles. The summed E-state index contributed by atoms with van der Waals surface area (Å²) >= 11 is 0. The van der Waals surface area contributed by atoms with Crippen LogP contribution < -0.4 is 9.64 Å². The number of anilines is 1. The van der Waals surface area contributed by atoms with Gasteiger partial charge in [0.1, 0.15) is 11.0 Å². The molecule has 1 aliphatic heterocycles. The Morgan fingerprint density at radius 3 is 2.39 bits per heavy atom. The molecule has 0 aromatic heterocycles. The molecule has 0 bridgehead atoms. The highest BCUT2D eigenvalue weighted by Crippen LogP contribution is 2.39. The normalized spacial score (nSPS) is 21.3. The number of benzene rings is 2. The highest BCUT2D eigenvalue weighted by atomic mass is 32.2. The maximum Gasteiger partial charge on any atom is 0.303 e. The Morgan fingerprint density at radius 2 is 1.81 bits per heavy atom. The van der Waals surface area contributed by atoms with E-state index >= 15 is 0 Å². The van der Waals surface area contributed by atoms with Gasteiger partial charge in [0.15, 0.2) is 6.10 Å². The van der Waals surface area contributed by atoms with E-state index < -0.39 is 38.7 Å². The summed E-state index contributed by atoms with van der Waals surface area (Å²) in [6.07, 6.45) is -1.30. The average Bonchev–Trinajstić information content (AvgIpc) is 2.80. The number of methoxy groups -OCH3 is 1. The molecule has 1 aliphatic rings. The standard InChI is InChI=1S/C22H26N2O6S/c1-15(25)30-20-21(16-9-11-17(29-4)12-10-16)31(28)19-8-6-5-7-18(19)23(22(20)26)13-14-24(2,3)27/h5-12,20-21H,13-14H2,1-4H3/t20-,21+,31?/m1/s1. The van der Waals surface area contributed by atoms with Gasteiger partial charge in [-0.1, -0.05) is 24.3 Å². The number of ether oxygens (including phenoxy) is 2. The van der Waals surface area contributed by atoms with Crippen molar-refractivity contribution in [2.45, 2.75) is 23.2 Å². The number of carbonyl (C=O) groups is 2. The Kier molecular flexibility index (Phi) is 6.78. The Bertz CT molecular complexity index is 986. The van der Waals surface area contributed by atoms with Crippen LogP contribution in [0.25, 0.3) is 0 Å². The summed E-state index contributed by atoms with van der Waals surface area (Å²) in [5.41, 5.74) is 1.03. The first-order valence-electron chi connectivity index (χ1n) is 9.78. The van der Waals surface area contributed by atoms with Crippen LogP contribution in [0.3, 0.4) is 0 Å². The second-order valence-electron chi connectivity index (χ2n) is 7.78. The van der Waals surface area contributed by atoms with E-state index in [4.69, 9.17) is 9.47 Å². The van der Waals surface area contributed by atoms with Crippen molar-refractivity contribution in [3.8, 4) is 5.75 Å². The van der Waals surface area contributed by atoms with Crippen LogP contribution in [0.4, 0.5) is 5.69 Å². The van der Waals surface area contributed by atoms with Crippen molar-refractivity contribution >= 4 is 28.4 Å². The lowest BCUT2D eigenvalue weighted by Gasteiger charge is -2.36. The first kappa shape index (κ1) is 22.9. The molecule has 1 unspecified atom stereocenters. The lowest BCUT2D eigenvalue weighted by atomic mass is 10.1. The third kappa shape index (κ3) is 5.12. The monoisotopic (exact) mass is 446 g/mol. The molecular formula is C22H26N2O6S. The van der Waals surface area contributed by atoms with E-state index in [1.54, 1.807) is 48.5 Å². The summed E-state index contributed by atoms with van der Waals surface area (Å²) in [6.45, 7) is 1.42. The predicted molar refractivity (Wildman–Crippen MR) is 117 cm³/mol.